The summed E-state index contributed by atoms with van der Waals surface area (Å²) in [6.07, 6.45) is 1.68. The number of benzene rings is 1. The Bertz CT molecular complexity index is 876. The van der Waals surface area contributed by atoms with Gasteiger partial charge >= 0.3 is 0 Å². The molecule has 10 heteroatoms. The molecule has 1 saturated carbocycles. The summed E-state index contributed by atoms with van der Waals surface area (Å²) in [6.45, 7) is 0.658. The van der Waals surface area contributed by atoms with Gasteiger partial charge in [-0.2, -0.15) is 4.31 Å². The largest absolute Gasteiger partial charge is 0.389 e. The highest BCUT2D eigenvalue weighted by Gasteiger charge is 2.43. The summed E-state index contributed by atoms with van der Waals surface area (Å²) in [5.41, 5.74) is 0. The fourth-order valence-electron chi connectivity index (χ4n) is 4.17. The first-order valence-corrected chi connectivity index (χ1v) is 12.2. The number of hydrogen-bond donors (Lipinski definition) is 2. The van der Waals surface area contributed by atoms with Gasteiger partial charge in [0.1, 0.15) is 5.82 Å². The Morgan fingerprint density at radius 2 is 1.90 bits per heavy atom. The molecule has 2 heterocycles. The third-order valence-electron chi connectivity index (χ3n) is 6.05. The van der Waals surface area contributed by atoms with Crippen LogP contribution in [0.15, 0.2) is 29.2 Å². The number of rotatable bonds is 6. The van der Waals surface area contributed by atoms with E-state index in [-0.39, 0.29) is 43.1 Å². The van der Waals surface area contributed by atoms with Crippen LogP contribution in [0.5, 0.6) is 0 Å². The van der Waals surface area contributed by atoms with Crippen LogP contribution in [0.3, 0.4) is 0 Å². The number of halogens is 1. The standard InChI is InChI=1S/C21H29FN2O6S/c22-15-3-6-18(7-4-15)31(27,28)24-11-16(25)12-29-13-20-19(24)8-5-17(30-20)9-21(26)23-10-14-1-2-14/h3-4,6-7,14,16-17,19-20,25H,1-2,5,8-13H2,(H,23,26)/t16-,17+,19+,20-/m0/s1. The predicted molar refractivity (Wildman–Crippen MR) is 109 cm³/mol. The Kier molecular flexibility index (Phi) is 6.92. The van der Waals surface area contributed by atoms with E-state index in [4.69, 9.17) is 9.47 Å². The molecule has 0 aromatic heterocycles. The van der Waals surface area contributed by atoms with Gasteiger partial charge in [0, 0.05) is 13.1 Å². The van der Waals surface area contributed by atoms with Crippen molar-refractivity contribution in [3.8, 4) is 0 Å². The molecule has 8 nitrogen and oxygen atoms in total. The SMILES string of the molecule is O=C(C[C@H]1CC[C@@H]2[C@H](COC[C@@H](O)CN2S(=O)(=O)c2ccc(F)cc2)O1)NCC1CC1. The fraction of sp³-hybridized carbons (Fsp3) is 0.667. The molecule has 3 fully saturated rings. The highest BCUT2D eigenvalue weighted by atomic mass is 32.2. The number of ether oxygens (including phenoxy) is 2. The fourth-order valence-corrected chi connectivity index (χ4v) is 5.89. The van der Waals surface area contributed by atoms with E-state index < -0.39 is 34.1 Å². The maximum absolute atomic E-state index is 13.3. The van der Waals surface area contributed by atoms with E-state index in [0.29, 0.717) is 25.3 Å². The lowest BCUT2D eigenvalue weighted by molar-refractivity contribution is -0.146. The van der Waals surface area contributed by atoms with Gasteiger partial charge < -0.3 is 19.9 Å². The zero-order chi connectivity index (χ0) is 22.0. The van der Waals surface area contributed by atoms with Crippen molar-refractivity contribution in [1.29, 1.82) is 0 Å². The summed E-state index contributed by atoms with van der Waals surface area (Å²) in [5.74, 6) is 0.00585. The number of amides is 1. The average molecular weight is 457 g/mol. The van der Waals surface area contributed by atoms with Crippen LogP contribution >= 0.6 is 0 Å². The molecule has 4 atom stereocenters. The minimum absolute atomic E-state index is 0.0193. The number of hydrogen-bond acceptors (Lipinski definition) is 6. The smallest absolute Gasteiger partial charge is 0.243 e. The number of aliphatic hydroxyl groups is 1. The van der Waals surface area contributed by atoms with Crippen LogP contribution in [0.25, 0.3) is 0 Å². The first-order valence-electron chi connectivity index (χ1n) is 10.8. The lowest BCUT2D eigenvalue weighted by atomic mass is 9.96. The van der Waals surface area contributed by atoms with Gasteiger partial charge in [0.25, 0.3) is 0 Å². The summed E-state index contributed by atoms with van der Waals surface area (Å²) in [6, 6.07) is 4.09. The number of β-amino-alcohol motifs (C(OH)–C–C–N with tert-alkyl or cyclic N) is 1. The summed E-state index contributed by atoms with van der Waals surface area (Å²) in [4.78, 5) is 12.2. The molecule has 0 unspecified atom stereocenters. The zero-order valence-electron chi connectivity index (χ0n) is 17.3. The van der Waals surface area contributed by atoms with Gasteiger partial charge in [0.2, 0.25) is 15.9 Å². The van der Waals surface area contributed by atoms with Gasteiger partial charge in [-0.05, 0) is 55.9 Å². The molecule has 2 N–H and O–H groups in total. The van der Waals surface area contributed by atoms with Crippen LogP contribution in [0, 0.1) is 11.7 Å². The quantitative estimate of drug-likeness (QED) is 0.663. The Balaban J connectivity index is 1.47. The average Bonchev–Trinajstić information content (AvgIpc) is 3.54. The zero-order valence-corrected chi connectivity index (χ0v) is 18.1. The summed E-state index contributed by atoms with van der Waals surface area (Å²) in [5, 5.41) is 13.2. The highest BCUT2D eigenvalue weighted by Crippen LogP contribution is 2.32. The van der Waals surface area contributed by atoms with Crippen molar-refractivity contribution in [1.82, 2.24) is 9.62 Å². The van der Waals surface area contributed by atoms with E-state index in [1.54, 1.807) is 0 Å². The summed E-state index contributed by atoms with van der Waals surface area (Å²) >= 11 is 0. The van der Waals surface area contributed by atoms with Gasteiger partial charge in [-0.3, -0.25) is 4.79 Å². The van der Waals surface area contributed by atoms with E-state index in [9.17, 15) is 22.7 Å². The topological polar surface area (TPSA) is 105 Å². The van der Waals surface area contributed by atoms with E-state index in [1.807, 2.05) is 0 Å². The van der Waals surface area contributed by atoms with Gasteiger partial charge in [0.15, 0.2) is 0 Å². The van der Waals surface area contributed by atoms with Crippen molar-refractivity contribution in [3.05, 3.63) is 30.1 Å². The molecule has 0 bridgehead atoms. The Morgan fingerprint density at radius 1 is 1.16 bits per heavy atom. The second-order valence-electron chi connectivity index (χ2n) is 8.61. The molecule has 1 aliphatic carbocycles. The highest BCUT2D eigenvalue weighted by molar-refractivity contribution is 7.89. The second-order valence-corrected chi connectivity index (χ2v) is 10.5. The molecule has 4 rings (SSSR count). The van der Waals surface area contributed by atoms with Crippen molar-refractivity contribution >= 4 is 15.9 Å². The molecule has 1 amide bonds. The molecule has 0 radical (unpaired) electrons. The third kappa shape index (κ3) is 5.61. The van der Waals surface area contributed by atoms with Crippen molar-refractivity contribution in [3.63, 3.8) is 0 Å². The van der Waals surface area contributed by atoms with E-state index >= 15 is 0 Å². The first-order chi connectivity index (χ1) is 14.8. The maximum Gasteiger partial charge on any atom is 0.243 e. The van der Waals surface area contributed by atoms with Crippen molar-refractivity contribution < 1.29 is 32.2 Å². The molecule has 2 saturated heterocycles. The van der Waals surface area contributed by atoms with E-state index in [0.717, 1.165) is 25.0 Å². The number of nitrogens with one attached hydrogen (secondary N) is 1. The number of nitrogens with zero attached hydrogens (tertiary/aromatic N) is 1. The lowest BCUT2D eigenvalue weighted by Crippen LogP contribution is -2.57. The predicted octanol–water partition coefficient (Wildman–Crippen LogP) is 1.04. The summed E-state index contributed by atoms with van der Waals surface area (Å²) in [7, 11) is -3.98. The van der Waals surface area contributed by atoms with Crippen molar-refractivity contribution in [2.24, 2.45) is 5.92 Å². The molecule has 1 aromatic rings. The Labute approximate surface area is 181 Å². The number of carbonyl (C=O) groups is 1. The molecule has 2 aliphatic heterocycles. The normalized spacial score (nSPS) is 30.1. The van der Waals surface area contributed by atoms with Crippen LogP contribution in [-0.2, 0) is 24.3 Å². The maximum atomic E-state index is 13.3. The van der Waals surface area contributed by atoms with Gasteiger partial charge in [0.05, 0.1) is 48.9 Å². The monoisotopic (exact) mass is 456 g/mol. The molecule has 3 aliphatic rings. The van der Waals surface area contributed by atoms with Gasteiger partial charge in [-0.25, -0.2) is 12.8 Å². The van der Waals surface area contributed by atoms with Crippen LogP contribution in [0.4, 0.5) is 4.39 Å². The minimum atomic E-state index is -3.98. The third-order valence-corrected chi connectivity index (χ3v) is 7.96. The molecule has 31 heavy (non-hydrogen) atoms. The van der Waals surface area contributed by atoms with Crippen LogP contribution < -0.4 is 5.32 Å². The molecular formula is C21H29FN2O6S. The first kappa shape index (κ1) is 22.6. The Morgan fingerprint density at radius 3 is 2.61 bits per heavy atom. The van der Waals surface area contributed by atoms with Crippen LogP contribution in [-0.4, -0.2) is 74.4 Å². The summed E-state index contributed by atoms with van der Waals surface area (Å²) < 4.78 is 52.8. The molecule has 172 valence electrons. The molecule has 0 spiro atoms. The minimum Gasteiger partial charge on any atom is -0.389 e. The van der Waals surface area contributed by atoms with Crippen LogP contribution in [0.2, 0.25) is 0 Å². The van der Waals surface area contributed by atoms with Crippen molar-refractivity contribution in [2.45, 2.75) is 61.4 Å². The molecular weight excluding hydrogens is 427 g/mol. The molecule has 1 aromatic carbocycles. The number of sulfonamides is 1. The lowest BCUT2D eigenvalue weighted by Gasteiger charge is -2.43. The van der Waals surface area contributed by atoms with E-state index in [1.165, 1.54) is 16.4 Å². The van der Waals surface area contributed by atoms with Gasteiger partial charge in [-0.1, -0.05) is 0 Å². The van der Waals surface area contributed by atoms with Crippen LogP contribution in [0.1, 0.15) is 32.1 Å². The number of aliphatic hydroxyl groups excluding tert-OH is 1. The number of fused-ring (bicyclic) bond motifs is 1. The second kappa shape index (κ2) is 9.50. The van der Waals surface area contributed by atoms with Gasteiger partial charge in [-0.15, -0.1) is 0 Å². The van der Waals surface area contributed by atoms with Crippen molar-refractivity contribution in [2.75, 3.05) is 26.3 Å². The Hall–Kier alpha value is -1.59. The number of carbonyl (C=O) groups excluding carboxylic acids is 1. The van der Waals surface area contributed by atoms with E-state index in [2.05, 4.69) is 5.32 Å².